The Morgan fingerprint density at radius 2 is 1.86 bits per heavy atom. The van der Waals surface area contributed by atoms with Gasteiger partial charge in [0.1, 0.15) is 18.1 Å². The zero-order valence-corrected chi connectivity index (χ0v) is 13.1. The van der Waals surface area contributed by atoms with E-state index < -0.39 is 0 Å². The smallest absolute Gasteiger partial charge is 0.255 e. The van der Waals surface area contributed by atoms with E-state index in [1.807, 2.05) is 12.1 Å². The molecule has 0 aliphatic rings. The van der Waals surface area contributed by atoms with Gasteiger partial charge in [0.05, 0.1) is 7.11 Å². The van der Waals surface area contributed by atoms with Crippen LogP contribution in [0.3, 0.4) is 0 Å². The highest BCUT2D eigenvalue weighted by Gasteiger charge is 2.06. The minimum absolute atomic E-state index is 0. The molecule has 0 spiro atoms. The van der Waals surface area contributed by atoms with Gasteiger partial charge in [-0.2, -0.15) is 0 Å². The average Bonchev–Trinajstić information content (AvgIpc) is 2.53. The van der Waals surface area contributed by atoms with Crippen molar-refractivity contribution in [2.24, 2.45) is 5.73 Å². The van der Waals surface area contributed by atoms with Crippen LogP contribution in [-0.2, 0) is 0 Å². The van der Waals surface area contributed by atoms with Gasteiger partial charge in [0.15, 0.2) is 0 Å². The van der Waals surface area contributed by atoms with Crippen LogP contribution >= 0.6 is 12.4 Å². The Hall–Kier alpha value is -2.24. The van der Waals surface area contributed by atoms with Crippen molar-refractivity contribution in [1.29, 1.82) is 0 Å². The third kappa shape index (κ3) is 4.95. The summed E-state index contributed by atoms with van der Waals surface area (Å²) in [7, 11) is 1.59. The van der Waals surface area contributed by atoms with E-state index in [4.69, 9.17) is 15.2 Å². The van der Waals surface area contributed by atoms with Gasteiger partial charge in [-0.25, -0.2) is 0 Å². The Morgan fingerprint density at radius 3 is 2.50 bits per heavy atom. The Balaban J connectivity index is 0.00000242. The molecule has 6 heteroatoms. The molecular formula is C16H19ClN2O3. The number of hydrogen-bond donors (Lipinski definition) is 2. The van der Waals surface area contributed by atoms with Crippen molar-refractivity contribution >= 4 is 24.0 Å². The highest BCUT2D eigenvalue weighted by Crippen LogP contribution is 2.18. The molecule has 5 nitrogen and oxygen atoms in total. The molecule has 0 bridgehead atoms. The molecule has 2 rings (SSSR count). The molecule has 118 valence electrons. The first-order valence-electron chi connectivity index (χ1n) is 6.61. The number of ether oxygens (including phenoxy) is 2. The lowest BCUT2D eigenvalue weighted by molar-refractivity contribution is 0.102. The quantitative estimate of drug-likeness (QED) is 0.857. The summed E-state index contributed by atoms with van der Waals surface area (Å²) in [4.78, 5) is 12.1. The summed E-state index contributed by atoms with van der Waals surface area (Å²) in [5, 5.41) is 2.82. The highest BCUT2D eigenvalue weighted by atomic mass is 35.5. The normalized spacial score (nSPS) is 9.55. The van der Waals surface area contributed by atoms with E-state index in [9.17, 15) is 4.79 Å². The second-order valence-electron chi connectivity index (χ2n) is 4.35. The van der Waals surface area contributed by atoms with E-state index in [1.165, 1.54) is 0 Å². The summed E-state index contributed by atoms with van der Waals surface area (Å²) in [5.74, 6) is 1.20. The zero-order chi connectivity index (χ0) is 15.1. The number of hydrogen-bond acceptors (Lipinski definition) is 4. The molecule has 0 aromatic heterocycles. The van der Waals surface area contributed by atoms with Crippen LogP contribution in [0.4, 0.5) is 5.69 Å². The van der Waals surface area contributed by atoms with Gasteiger partial charge in [0.2, 0.25) is 0 Å². The number of amides is 1. The van der Waals surface area contributed by atoms with Crippen LogP contribution in [-0.4, -0.2) is 26.2 Å². The van der Waals surface area contributed by atoms with Crippen LogP contribution in [0.5, 0.6) is 11.5 Å². The number of nitrogens with one attached hydrogen (secondary N) is 1. The van der Waals surface area contributed by atoms with Gasteiger partial charge in [-0.1, -0.05) is 6.07 Å². The summed E-state index contributed by atoms with van der Waals surface area (Å²) >= 11 is 0. The van der Waals surface area contributed by atoms with Crippen molar-refractivity contribution in [3.05, 3.63) is 54.1 Å². The largest absolute Gasteiger partial charge is 0.497 e. The van der Waals surface area contributed by atoms with Gasteiger partial charge in [-0.3, -0.25) is 4.79 Å². The van der Waals surface area contributed by atoms with Crippen LogP contribution < -0.4 is 20.5 Å². The molecule has 0 aliphatic carbocycles. The fourth-order valence-corrected chi connectivity index (χ4v) is 1.79. The van der Waals surface area contributed by atoms with Crippen LogP contribution in [0, 0.1) is 0 Å². The minimum Gasteiger partial charge on any atom is -0.497 e. The number of nitrogens with two attached hydrogens (primary N) is 1. The van der Waals surface area contributed by atoms with E-state index in [2.05, 4.69) is 5.32 Å². The molecule has 0 saturated heterocycles. The third-order valence-corrected chi connectivity index (χ3v) is 2.83. The van der Waals surface area contributed by atoms with Crippen LogP contribution in [0.2, 0.25) is 0 Å². The predicted molar refractivity (Wildman–Crippen MR) is 89.2 cm³/mol. The van der Waals surface area contributed by atoms with Crippen LogP contribution in [0.15, 0.2) is 48.5 Å². The first kappa shape index (κ1) is 17.8. The number of carbonyl (C=O) groups is 1. The van der Waals surface area contributed by atoms with Crippen molar-refractivity contribution in [3.8, 4) is 11.5 Å². The SMILES string of the molecule is COc1ccc(C(=O)Nc2cccc(OCCN)c2)cc1.Cl. The number of methoxy groups -OCH3 is 1. The van der Waals surface area contributed by atoms with Crippen LogP contribution in [0.1, 0.15) is 10.4 Å². The van der Waals surface area contributed by atoms with Crippen molar-refractivity contribution in [1.82, 2.24) is 0 Å². The average molecular weight is 323 g/mol. The summed E-state index contributed by atoms with van der Waals surface area (Å²) in [6, 6.07) is 14.1. The van der Waals surface area contributed by atoms with Crippen molar-refractivity contribution in [2.45, 2.75) is 0 Å². The maximum atomic E-state index is 12.1. The van der Waals surface area contributed by atoms with Gasteiger partial charge >= 0.3 is 0 Å². The van der Waals surface area contributed by atoms with Crippen molar-refractivity contribution in [3.63, 3.8) is 0 Å². The first-order chi connectivity index (χ1) is 10.2. The lowest BCUT2D eigenvalue weighted by Gasteiger charge is -2.09. The van der Waals surface area contributed by atoms with Gasteiger partial charge < -0.3 is 20.5 Å². The molecule has 0 heterocycles. The molecular weight excluding hydrogens is 304 g/mol. The van der Waals surface area contributed by atoms with Gasteiger partial charge in [-0.05, 0) is 36.4 Å². The predicted octanol–water partition coefficient (Wildman–Crippen LogP) is 2.71. The number of anilines is 1. The Morgan fingerprint density at radius 1 is 1.14 bits per heavy atom. The van der Waals surface area contributed by atoms with E-state index in [0.717, 1.165) is 0 Å². The van der Waals surface area contributed by atoms with E-state index in [-0.39, 0.29) is 18.3 Å². The molecule has 0 radical (unpaired) electrons. The summed E-state index contributed by atoms with van der Waals surface area (Å²) in [6.45, 7) is 0.887. The number of carbonyl (C=O) groups excluding carboxylic acids is 1. The van der Waals surface area contributed by atoms with Crippen molar-refractivity contribution in [2.75, 3.05) is 25.6 Å². The monoisotopic (exact) mass is 322 g/mol. The Labute approximate surface area is 135 Å². The Kier molecular flexibility index (Phi) is 7.22. The third-order valence-electron chi connectivity index (χ3n) is 2.83. The number of rotatable bonds is 6. The zero-order valence-electron chi connectivity index (χ0n) is 12.2. The van der Waals surface area contributed by atoms with Gasteiger partial charge in [0, 0.05) is 23.9 Å². The minimum atomic E-state index is -0.186. The molecule has 0 saturated carbocycles. The second kappa shape index (κ2) is 8.92. The Bertz CT molecular complexity index is 603. The maximum Gasteiger partial charge on any atom is 0.255 e. The molecule has 0 fully saturated rings. The molecule has 0 unspecified atom stereocenters. The molecule has 1 amide bonds. The topological polar surface area (TPSA) is 73.6 Å². The lowest BCUT2D eigenvalue weighted by atomic mass is 10.2. The first-order valence-corrected chi connectivity index (χ1v) is 6.61. The van der Waals surface area contributed by atoms with Gasteiger partial charge in [-0.15, -0.1) is 12.4 Å². The van der Waals surface area contributed by atoms with Crippen LogP contribution in [0.25, 0.3) is 0 Å². The molecule has 0 aliphatic heterocycles. The molecule has 3 N–H and O–H groups in total. The fraction of sp³-hybridized carbons (Fsp3) is 0.188. The van der Waals surface area contributed by atoms with E-state index in [1.54, 1.807) is 43.5 Å². The fourth-order valence-electron chi connectivity index (χ4n) is 1.79. The van der Waals surface area contributed by atoms with Crippen molar-refractivity contribution < 1.29 is 14.3 Å². The van der Waals surface area contributed by atoms with E-state index in [0.29, 0.717) is 35.9 Å². The molecule has 2 aromatic rings. The highest BCUT2D eigenvalue weighted by molar-refractivity contribution is 6.04. The summed E-state index contributed by atoms with van der Waals surface area (Å²) < 4.78 is 10.5. The maximum absolute atomic E-state index is 12.1. The molecule has 22 heavy (non-hydrogen) atoms. The second-order valence-corrected chi connectivity index (χ2v) is 4.35. The lowest BCUT2D eigenvalue weighted by Crippen LogP contribution is -2.13. The standard InChI is InChI=1S/C16H18N2O3.ClH/c1-20-14-7-5-12(6-8-14)16(19)18-13-3-2-4-15(11-13)21-10-9-17;/h2-8,11H,9-10,17H2,1H3,(H,18,19);1H. The number of halogens is 1. The summed E-state index contributed by atoms with van der Waals surface area (Å²) in [5.41, 5.74) is 6.62. The van der Waals surface area contributed by atoms with Gasteiger partial charge in [0.25, 0.3) is 5.91 Å². The summed E-state index contributed by atoms with van der Waals surface area (Å²) in [6.07, 6.45) is 0. The molecule has 2 aromatic carbocycles. The van der Waals surface area contributed by atoms with E-state index >= 15 is 0 Å². The number of benzene rings is 2. The molecule has 0 atom stereocenters.